The van der Waals surface area contributed by atoms with Crippen molar-refractivity contribution < 1.29 is 4.79 Å². The topological polar surface area (TPSA) is 83.8 Å². The van der Waals surface area contributed by atoms with Gasteiger partial charge in [0.1, 0.15) is 0 Å². The van der Waals surface area contributed by atoms with Crippen LogP contribution in [0.1, 0.15) is 32.2 Å². The number of H-pyrrole nitrogens is 1. The summed E-state index contributed by atoms with van der Waals surface area (Å²) in [6.45, 7) is 8.39. The number of rotatable bonds is 5. The van der Waals surface area contributed by atoms with E-state index >= 15 is 0 Å². The molecule has 17 heavy (non-hydrogen) atoms. The van der Waals surface area contributed by atoms with E-state index in [1.807, 2.05) is 33.8 Å². The summed E-state index contributed by atoms with van der Waals surface area (Å²) in [7, 11) is 0. The fraction of sp³-hybridized carbons (Fsp3) is 0.667. The molecule has 0 spiro atoms. The average molecular weight is 238 g/mol. The van der Waals surface area contributed by atoms with Crippen LogP contribution < -0.4 is 11.1 Å². The second kappa shape index (κ2) is 5.31. The molecule has 5 heteroatoms. The molecule has 1 rings (SSSR count). The molecule has 0 saturated heterocycles. The normalized spacial score (nSPS) is 14.7. The second-order valence-corrected chi connectivity index (χ2v) is 5.04. The van der Waals surface area contributed by atoms with Crippen LogP contribution in [0.15, 0.2) is 6.07 Å². The molecule has 0 aliphatic carbocycles. The third-order valence-corrected chi connectivity index (χ3v) is 3.22. The summed E-state index contributed by atoms with van der Waals surface area (Å²) >= 11 is 0. The number of nitrogens with two attached hydrogens (primary N) is 1. The molecule has 0 radical (unpaired) electrons. The average Bonchev–Trinajstić information content (AvgIpc) is 2.63. The van der Waals surface area contributed by atoms with E-state index in [9.17, 15) is 4.79 Å². The number of hydrogen-bond acceptors (Lipinski definition) is 3. The molecule has 0 bridgehead atoms. The minimum Gasteiger partial charge on any atom is -0.349 e. The van der Waals surface area contributed by atoms with Gasteiger partial charge in [0.15, 0.2) is 0 Å². The Morgan fingerprint density at radius 2 is 2.29 bits per heavy atom. The summed E-state index contributed by atoms with van der Waals surface area (Å²) in [5.74, 6) is 0.246. The van der Waals surface area contributed by atoms with Crippen LogP contribution in [0.3, 0.4) is 0 Å². The quantitative estimate of drug-likeness (QED) is 0.707. The number of amides is 1. The first-order valence-electron chi connectivity index (χ1n) is 5.89. The van der Waals surface area contributed by atoms with Crippen molar-refractivity contribution >= 4 is 5.91 Å². The maximum absolute atomic E-state index is 11.9. The molecule has 0 aromatic carbocycles. The molecule has 5 nitrogen and oxygen atoms in total. The Balaban J connectivity index is 2.60. The van der Waals surface area contributed by atoms with E-state index in [2.05, 4.69) is 15.5 Å². The summed E-state index contributed by atoms with van der Waals surface area (Å²) in [4.78, 5) is 11.9. The Bertz CT molecular complexity index is 386. The minimum atomic E-state index is -0.359. The lowest BCUT2D eigenvalue weighted by Gasteiger charge is -2.33. The maximum Gasteiger partial charge on any atom is 0.226 e. The maximum atomic E-state index is 11.9. The molecule has 1 heterocycles. The Labute approximate surface area is 102 Å². The van der Waals surface area contributed by atoms with Crippen molar-refractivity contribution in [2.45, 2.75) is 39.7 Å². The number of nitrogens with zero attached hydrogens (tertiary/aromatic N) is 1. The van der Waals surface area contributed by atoms with Gasteiger partial charge in [-0.1, -0.05) is 13.8 Å². The fourth-order valence-electron chi connectivity index (χ4n) is 1.52. The van der Waals surface area contributed by atoms with Crippen molar-refractivity contribution in [2.75, 3.05) is 6.54 Å². The van der Waals surface area contributed by atoms with Gasteiger partial charge >= 0.3 is 0 Å². The standard InChI is InChI=1S/C12H22N4O/c1-8(2)12(4,7-13)14-11(17)6-10-5-9(3)15-16-10/h5,8H,6-7,13H2,1-4H3,(H,14,17)(H,15,16). The molecule has 0 saturated carbocycles. The number of aryl methyl sites for hydroxylation is 1. The summed E-state index contributed by atoms with van der Waals surface area (Å²) < 4.78 is 0. The lowest BCUT2D eigenvalue weighted by molar-refractivity contribution is -0.122. The molecule has 0 fully saturated rings. The second-order valence-electron chi connectivity index (χ2n) is 5.04. The summed E-state index contributed by atoms with van der Waals surface area (Å²) in [5.41, 5.74) is 7.07. The first-order valence-corrected chi connectivity index (χ1v) is 5.89. The predicted molar refractivity (Wildman–Crippen MR) is 67.5 cm³/mol. The van der Waals surface area contributed by atoms with E-state index in [0.717, 1.165) is 11.4 Å². The van der Waals surface area contributed by atoms with Crippen LogP contribution in [0, 0.1) is 12.8 Å². The monoisotopic (exact) mass is 238 g/mol. The van der Waals surface area contributed by atoms with Crippen LogP contribution in [0.4, 0.5) is 0 Å². The van der Waals surface area contributed by atoms with Gasteiger partial charge in [0.2, 0.25) is 5.91 Å². The molecule has 1 aromatic rings. The molecule has 1 aromatic heterocycles. The zero-order valence-corrected chi connectivity index (χ0v) is 11.0. The van der Waals surface area contributed by atoms with Gasteiger partial charge in [0, 0.05) is 12.2 Å². The molecule has 1 amide bonds. The predicted octanol–water partition coefficient (Wildman–Crippen LogP) is 0.750. The van der Waals surface area contributed by atoms with Gasteiger partial charge in [-0.2, -0.15) is 5.10 Å². The number of aromatic amines is 1. The Morgan fingerprint density at radius 1 is 1.65 bits per heavy atom. The molecule has 4 N–H and O–H groups in total. The van der Waals surface area contributed by atoms with Crippen molar-refractivity contribution in [3.63, 3.8) is 0 Å². The van der Waals surface area contributed by atoms with E-state index in [4.69, 9.17) is 5.73 Å². The van der Waals surface area contributed by atoms with Crippen LogP contribution in [-0.4, -0.2) is 28.2 Å². The first kappa shape index (κ1) is 13.7. The van der Waals surface area contributed by atoms with E-state index in [1.165, 1.54) is 0 Å². The molecule has 0 aliphatic rings. The molecule has 1 atom stereocenters. The van der Waals surface area contributed by atoms with Crippen LogP contribution in [-0.2, 0) is 11.2 Å². The van der Waals surface area contributed by atoms with Crippen LogP contribution in [0.2, 0.25) is 0 Å². The number of aromatic nitrogens is 2. The van der Waals surface area contributed by atoms with Crippen LogP contribution >= 0.6 is 0 Å². The van der Waals surface area contributed by atoms with Crippen molar-refractivity contribution in [1.82, 2.24) is 15.5 Å². The highest BCUT2D eigenvalue weighted by atomic mass is 16.1. The highest BCUT2D eigenvalue weighted by Gasteiger charge is 2.28. The number of carbonyl (C=O) groups is 1. The molecular weight excluding hydrogens is 216 g/mol. The SMILES string of the molecule is Cc1cc(CC(=O)NC(C)(CN)C(C)C)n[nH]1. The largest absolute Gasteiger partial charge is 0.349 e. The van der Waals surface area contributed by atoms with Crippen LogP contribution in [0.25, 0.3) is 0 Å². The van der Waals surface area contributed by atoms with Crippen molar-refractivity contribution in [2.24, 2.45) is 11.7 Å². The van der Waals surface area contributed by atoms with Crippen molar-refractivity contribution in [1.29, 1.82) is 0 Å². The van der Waals surface area contributed by atoms with E-state index in [-0.39, 0.29) is 23.8 Å². The van der Waals surface area contributed by atoms with Crippen molar-refractivity contribution in [3.05, 3.63) is 17.5 Å². The van der Waals surface area contributed by atoms with Gasteiger partial charge in [-0.3, -0.25) is 9.89 Å². The van der Waals surface area contributed by atoms with Crippen molar-refractivity contribution in [3.8, 4) is 0 Å². The van der Waals surface area contributed by atoms with Gasteiger partial charge in [-0.15, -0.1) is 0 Å². The minimum absolute atomic E-state index is 0.0434. The van der Waals surface area contributed by atoms with E-state index < -0.39 is 0 Å². The zero-order chi connectivity index (χ0) is 13.1. The lowest BCUT2D eigenvalue weighted by atomic mass is 9.88. The summed E-state index contributed by atoms with van der Waals surface area (Å²) in [6, 6.07) is 1.87. The molecule has 0 aliphatic heterocycles. The van der Waals surface area contributed by atoms with Gasteiger partial charge in [-0.05, 0) is 25.8 Å². The third kappa shape index (κ3) is 3.56. The number of carbonyl (C=O) groups excluding carboxylic acids is 1. The fourth-order valence-corrected chi connectivity index (χ4v) is 1.52. The molecule has 1 unspecified atom stereocenters. The van der Waals surface area contributed by atoms with E-state index in [0.29, 0.717) is 6.54 Å². The van der Waals surface area contributed by atoms with Gasteiger partial charge in [-0.25, -0.2) is 0 Å². The zero-order valence-electron chi connectivity index (χ0n) is 11.0. The molecule has 96 valence electrons. The number of hydrogen-bond donors (Lipinski definition) is 3. The van der Waals surface area contributed by atoms with Crippen LogP contribution in [0.5, 0.6) is 0 Å². The van der Waals surface area contributed by atoms with Gasteiger partial charge in [0.25, 0.3) is 0 Å². The van der Waals surface area contributed by atoms with Gasteiger partial charge in [0.05, 0.1) is 17.7 Å². The highest BCUT2D eigenvalue weighted by Crippen LogP contribution is 2.14. The summed E-state index contributed by atoms with van der Waals surface area (Å²) in [6.07, 6.45) is 0.284. The Hall–Kier alpha value is -1.36. The van der Waals surface area contributed by atoms with Gasteiger partial charge < -0.3 is 11.1 Å². The third-order valence-electron chi connectivity index (χ3n) is 3.22. The first-order chi connectivity index (χ1) is 7.87. The summed E-state index contributed by atoms with van der Waals surface area (Å²) in [5, 5.41) is 9.84. The highest BCUT2D eigenvalue weighted by molar-refractivity contribution is 5.79. The molecular formula is C12H22N4O. The lowest BCUT2D eigenvalue weighted by Crippen LogP contribution is -2.55. The number of nitrogens with one attached hydrogen (secondary N) is 2. The Morgan fingerprint density at radius 3 is 2.71 bits per heavy atom. The Kier molecular flexibility index (Phi) is 4.28. The smallest absolute Gasteiger partial charge is 0.226 e. The van der Waals surface area contributed by atoms with E-state index in [1.54, 1.807) is 0 Å².